The van der Waals surface area contributed by atoms with Gasteiger partial charge in [-0.2, -0.15) is 13.2 Å². The van der Waals surface area contributed by atoms with Crippen LogP contribution in [0.3, 0.4) is 0 Å². The van der Waals surface area contributed by atoms with Crippen LogP contribution in [0.2, 0.25) is 5.02 Å². The molecule has 1 saturated heterocycles. The van der Waals surface area contributed by atoms with Crippen molar-refractivity contribution in [3.63, 3.8) is 0 Å². The molecular formula is C25H19ClF3N3O4S2. The Kier molecular flexibility index (Phi) is 6.48. The molecule has 1 aromatic heterocycles. The molecule has 5 rings (SSSR count). The molecule has 0 saturated carbocycles. The summed E-state index contributed by atoms with van der Waals surface area (Å²) in [5.41, 5.74) is -1.49. The van der Waals surface area contributed by atoms with Crippen molar-refractivity contribution in [2.24, 2.45) is 5.92 Å². The van der Waals surface area contributed by atoms with E-state index in [1.165, 1.54) is 16.7 Å². The van der Waals surface area contributed by atoms with Gasteiger partial charge < -0.3 is 5.32 Å². The number of hydrogen-bond acceptors (Lipinski definition) is 6. The molecule has 1 fully saturated rings. The summed E-state index contributed by atoms with van der Waals surface area (Å²) < 4.78 is 40.3. The van der Waals surface area contributed by atoms with Gasteiger partial charge in [0, 0.05) is 21.0 Å². The molecule has 0 radical (unpaired) electrons. The van der Waals surface area contributed by atoms with Crippen molar-refractivity contribution < 1.29 is 27.6 Å². The number of amides is 3. The second-order valence-corrected chi connectivity index (χ2v) is 12.0. The van der Waals surface area contributed by atoms with Crippen molar-refractivity contribution in [2.45, 2.75) is 42.3 Å². The van der Waals surface area contributed by atoms with Crippen LogP contribution in [0, 0.1) is 5.92 Å². The predicted molar refractivity (Wildman–Crippen MR) is 139 cm³/mol. The Balaban J connectivity index is 1.44. The molecule has 2 aromatic carbocycles. The molecule has 2 aliphatic heterocycles. The Labute approximate surface area is 227 Å². The van der Waals surface area contributed by atoms with Crippen LogP contribution in [-0.4, -0.2) is 27.5 Å². The minimum absolute atomic E-state index is 0.0646. The third kappa shape index (κ3) is 4.44. The zero-order valence-electron chi connectivity index (χ0n) is 19.8. The summed E-state index contributed by atoms with van der Waals surface area (Å²) in [6.07, 6.45) is -4.58. The number of alkyl halides is 3. The second kappa shape index (κ2) is 9.28. The molecule has 0 spiro atoms. The maximum Gasteiger partial charge on any atom is 0.416 e. The highest BCUT2D eigenvalue weighted by Gasteiger charge is 2.59. The Morgan fingerprint density at radius 3 is 2.42 bits per heavy atom. The number of halogens is 4. The number of nitrogens with zero attached hydrogens (tertiary/aromatic N) is 2. The van der Waals surface area contributed by atoms with E-state index in [0.717, 1.165) is 40.1 Å². The fourth-order valence-electron chi connectivity index (χ4n) is 4.73. The van der Waals surface area contributed by atoms with E-state index in [-0.39, 0.29) is 11.6 Å². The third-order valence-corrected chi connectivity index (χ3v) is 9.64. The van der Waals surface area contributed by atoms with Crippen LogP contribution in [0.4, 0.5) is 24.5 Å². The number of anilines is 2. The van der Waals surface area contributed by atoms with Crippen molar-refractivity contribution in [1.82, 2.24) is 4.57 Å². The number of benzene rings is 2. The van der Waals surface area contributed by atoms with E-state index in [2.05, 4.69) is 5.32 Å². The maximum absolute atomic E-state index is 13.5. The van der Waals surface area contributed by atoms with Gasteiger partial charge in [0.05, 0.1) is 22.2 Å². The lowest BCUT2D eigenvalue weighted by Gasteiger charge is -2.36. The minimum Gasteiger partial charge on any atom is -0.325 e. The summed E-state index contributed by atoms with van der Waals surface area (Å²) in [6, 6.07) is 10.5. The zero-order valence-corrected chi connectivity index (χ0v) is 22.2. The molecule has 13 heteroatoms. The number of imide groups is 1. The van der Waals surface area contributed by atoms with E-state index in [1.807, 2.05) is 0 Å². The molecule has 3 amide bonds. The highest BCUT2D eigenvalue weighted by atomic mass is 35.5. The van der Waals surface area contributed by atoms with Crippen LogP contribution in [0.25, 0.3) is 0 Å². The van der Waals surface area contributed by atoms with Crippen LogP contribution in [0.15, 0.2) is 58.4 Å². The van der Waals surface area contributed by atoms with Gasteiger partial charge in [-0.05, 0) is 42.5 Å². The van der Waals surface area contributed by atoms with E-state index in [4.69, 9.17) is 11.6 Å². The van der Waals surface area contributed by atoms with Crippen LogP contribution in [0.1, 0.15) is 24.3 Å². The van der Waals surface area contributed by atoms with E-state index in [1.54, 1.807) is 38.1 Å². The van der Waals surface area contributed by atoms with E-state index >= 15 is 0 Å². The fourth-order valence-corrected chi connectivity index (χ4v) is 7.89. The Morgan fingerprint density at radius 2 is 1.76 bits per heavy atom. The normalized spacial score (nSPS) is 20.3. The molecule has 0 aliphatic carbocycles. The number of fused-ring (bicyclic) bond motifs is 2. The topological polar surface area (TPSA) is 88.5 Å². The van der Waals surface area contributed by atoms with Crippen molar-refractivity contribution >= 4 is 63.8 Å². The largest absolute Gasteiger partial charge is 0.416 e. The van der Waals surface area contributed by atoms with Gasteiger partial charge in [-0.25, -0.2) is 4.90 Å². The average Bonchev–Trinajstić information content (AvgIpc) is 3.28. The van der Waals surface area contributed by atoms with Crippen LogP contribution >= 0.6 is 34.7 Å². The number of aromatic nitrogens is 1. The van der Waals surface area contributed by atoms with Crippen molar-refractivity contribution in [3.8, 4) is 0 Å². The maximum atomic E-state index is 13.5. The van der Waals surface area contributed by atoms with Crippen LogP contribution in [0.5, 0.6) is 0 Å². The highest BCUT2D eigenvalue weighted by Crippen LogP contribution is 2.54. The molecule has 198 valence electrons. The van der Waals surface area contributed by atoms with Crippen molar-refractivity contribution in [1.29, 1.82) is 0 Å². The summed E-state index contributed by atoms with van der Waals surface area (Å²) in [6.45, 7) is 3.09. The van der Waals surface area contributed by atoms with Crippen LogP contribution in [-0.2, 0) is 32.5 Å². The number of carbonyl (C=O) groups excluding carboxylic acids is 3. The van der Waals surface area contributed by atoms with Gasteiger partial charge in [0.1, 0.15) is 11.8 Å². The van der Waals surface area contributed by atoms with Gasteiger partial charge in [0.25, 0.3) is 0 Å². The summed E-state index contributed by atoms with van der Waals surface area (Å²) in [7, 11) is 0. The van der Waals surface area contributed by atoms with E-state index in [0.29, 0.717) is 20.6 Å². The molecular weight excluding hydrogens is 563 g/mol. The summed E-state index contributed by atoms with van der Waals surface area (Å²) >= 11 is 7.89. The SMILES string of the molecule is CC1(C)c2sc(=O)n(CC(=O)Nc3cccc(C(F)(F)F)c3)c2S[C@@H]2C(=O)N(c3ccc(Cl)cc3)C(=O)[C@@H]21. The zero-order chi connectivity index (χ0) is 27.6. The first-order valence-electron chi connectivity index (χ1n) is 11.3. The lowest BCUT2D eigenvalue weighted by Crippen LogP contribution is -2.41. The Bertz CT molecular complexity index is 1530. The first-order valence-corrected chi connectivity index (χ1v) is 13.4. The molecule has 1 N–H and O–H groups in total. The summed E-state index contributed by atoms with van der Waals surface area (Å²) in [4.78, 5) is 53.8. The quantitative estimate of drug-likeness (QED) is 0.430. The van der Waals surface area contributed by atoms with E-state index < -0.39 is 51.6 Å². The first kappa shape index (κ1) is 26.5. The van der Waals surface area contributed by atoms with Gasteiger partial charge in [-0.15, -0.1) is 0 Å². The van der Waals surface area contributed by atoms with Gasteiger partial charge in [0.2, 0.25) is 17.7 Å². The molecule has 7 nitrogen and oxygen atoms in total. The Hall–Kier alpha value is -3.09. The molecule has 0 unspecified atom stereocenters. The lowest BCUT2D eigenvalue weighted by molar-refractivity contribution is -0.137. The van der Waals surface area contributed by atoms with Crippen molar-refractivity contribution in [3.05, 3.63) is 73.7 Å². The Morgan fingerprint density at radius 1 is 1.08 bits per heavy atom. The molecule has 2 atom stereocenters. The minimum atomic E-state index is -4.58. The number of hydrogen-bond donors (Lipinski definition) is 1. The van der Waals surface area contributed by atoms with Crippen molar-refractivity contribution in [2.75, 3.05) is 10.2 Å². The number of thioether (sulfide) groups is 1. The lowest BCUT2D eigenvalue weighted by atomic mass is 9.76. The number of carbonyl (C=O) groups is 3. The highest BCUT2D eigenvalue weighted by molar-refractivity contribution is 8.00. The fraction of sp³-hybridized carbons (Fsp3) is 0.280. The summed E-state index contributed by atoms with van der Waals surface area (Å²) in [5, 5.41) is 2.42. The second-order valence-electron chi connectivity index (χ2n) is 9.44. The first-order chi connectivity index (χ1) is 17.8. The number of nitrogens with one attached hydrogen (secondary N) is 1. The van der Waals surface area contributed by atoms with E-state index in [9.17, 15) is 32.3 Å². The molecule has 2 aliphatic rings. The van der Waals surface area contributed by atoms with Gasteiger partial charge in [-0.3, -0.25) is 23.7 Å². The number of thiazole rings is 1. The van der Waals surface area contributed by atoms with Gasteiger partial charge in [0.15, 0.2) is 0 Å². The van der Waals surface area contributed by atoms with Gasteiger partial charge in [-0.1, -0.05) is 54.6 Å². The molecule has 3 aromatic rings. The molecule has 38 heavy (non-hydrogen) atoms. The standard InChI is InChI=1S/C25H19ClF3N3O4S2/c1-24(2)17-18(21(35)32(20(17)34)15-8-6-13(26)7-9-15)37-22-19(24)38-23(36)31(22)11-16(33)30-14-5-3-4-12(10-14)25(27,28)29/h3-10,17-18H,11H2,1-2H3,(H,30,33)/t17-,18+/m1/s1. The van der Waals surface area contributed by atoms with Crippen LogP contribution < -0.4 is 15.1 Å². The monoisotopic (exact) mass is 581 g/mol. The van der Waals surface area contributed by atoms with Gasteiger partial charge >= 0.3 is 11.0 Å². The molecule has 0 bridgehead atoms. The average molecular weight is 582 g/mol. The summed E-state index contributed by atoms with van der Waals surface area (Å²) in [5.74, 6) is -2.28. The third-order valence-electron chi connectivity index (χ3n) is 6.56. The predicted octanol–water partition coefficient (Wildman–Crippen LogP) is 5.16. The smallest absolute Gasteiger partial charge is 0.325 e. The molecule has 3 heterocycles. The number of rotatable bonds is 4.